The molecule has 1 saturated carbocycles. The van der Waals surface area contributed by atoms with Crippen LogP contribution in [0.15, 0.2) is 24.3 Å². The van der Waals surface area contributed by atoms with E-state index in [2.05, 4.69) is 5.32 Å². The maximum atomic E-state index is 12.2. The Morgan fingerprint density at radius 3 is 2.48 bits per heavy atom. The summed E-state index contributed by atoms with van der Waals surface area (Å²) in [6.45, 7) is -0.578. The first-order valence-electron chi connectivity index (χ1n) is 9.03. The summed E-state index contributed by atoms with van der Waals surface area (Å²) in [5.41, 5.74) is 1.47. The van der Waals surface area contributed by atoms with Gasteiger partial charge in [-0.2, -0.15) is 0 Å². The summed E-state index contributed by atoms with van der Waals surface area (Å²) in [7, 11) is 3.24. The standard InChI is InChI=1S/C19H25N3O5/c1-21(2)16(24)9-22-15(10-23)18(27-11-17(22)25)12-5-7-14(8-6-12)20-19(26)13-3-4-13/h5-8,13,15,18,23H,3-4,9-11H2,1-2H3,(H,20,26). The molecular weight excluding hydrogens is 350 g/mol. The molecule has 2 N–H and O–H groups in total. The minimum Gasteiger partial charge on any atom is -0.394 e. The molecule has 2 aliphatic rings. The van der Waals surface area contributed by atoms with Gasteiger partial charge in [0.25, 0.3) is 0 Å². The average Bonchev–Trinajstić information content (AvgIpc) is 3.49. The summed E-state index contributed by atoms with van der Waals surface area (Å²) >= 11 is 0. The summed E-state index contributed by atoms with van der Waals surface area (Å²) in [4.78, 5) is 38.9. The van der Waals surface area contributed by atoms with E-state index in [1.807, 2.05) is 0 Å². The third-order valence-electron chi connectivity index (χ3n) is 4.90. The second-order valence-corrected chi connectivity index (χ2v) is 7.18. The third-order valence-corrected chi connectivity index (χ3v) is 4.90. The molecule has 2 fully saturated rings. The number of hydrogen-bond donors (Lipinski definition) is 2. The fourth-order valence-electron chi connectivity index (χ4n) is 3.05. The van der Waals surface area contributed by atoms with Crippen LogP contribution in [-0.2, 0) is 19.1 Å². The minimum atomic E-state index is -0.651. The average molecular weight is 375 g/mol. The predicted octanol–water partition coefficient (Wildman–Crippen LogP) is 0.384. The summed E-state index contributed by atoms with van der Waals surface area (Å²) in [6, 6.07) is 6.51. The fraction of sp³-hybridized carbons (Fsp3) is 0.526. The van der Waals surface area contributed by atoms with E-state index in [9.17, 15) is 19.5 Å². The zero-order valence-corrected chi connectivity index (χ0v) is 15.6. The van der Waals surface area contributed by atoms with E-state index < -0.39 is 12.1 Å². The molecule has 3 rings (SSSR count). The molecule has 3 amide bonds. The molecule has 2 unspecified atom stereocenters. The molecule has 8 nitrogen and oxygen atoms in total. The van der Waals surface area contributed by atoms with Gasteiger partial charge in [-0.25, -0.2) is 0 Å². The third kappa shape index (κ3) is 4.45. The Kier molecular flexibility index (Phi) is 5.76. The van der Waals surface area contributed by atoms with Gasteiger partial charge in [0.1, 0.15) is 19.3 Å². The molecule has 0 spiro atoms. The van der Waals surface area contributed by atoms with Crippen LogP contribution < -0.4 is 5.32 Å². The van der Waals surface area contributed by atoms with Crippen molar-refractivity contribution in [2.75, 3.05) is 39.2 Å². The van der Waals surface area contributed by atoms with E-state index in [1.165, 1.54) is 9.80 Å². The number of ether oxygens (including phenoxy) is 1. The lowest BCUT2D eigenvalue weighted by atomic mass is 9.99. The van der Waals surface area contributed by atoms with E-state index >= 15 is 0 Å². The highest BCUT2D eigenvalue weighted by atomic mass is 16.5. The number of benzene rings is 1. The zero-order chi connectivity index (χ0) is 19.6. The van der Waals surface area contributed by atoms with Gasteiger partial charge in [0, 0.05) is 25.7 Å². The Balaban J connectivity index is 1.72. The number of nitrogens with one attached hydrogen (secondary N) is 1. The quantitative estimate of drug-likeness (QED) is 0.749. The van der Waals surface area contributed by atoms with Gasteiger partial charge >= 0.3 is 0 Å². The van der Waals surface area contributed by atoms with Gasteiger partial charge in [0.15, 0.2) is 0 Å². The minimum absolute atomic E-state index is 0.0314. The number of aliphatic hydroxyl groups excluding tert-OH is 1. The van der Waals surface area contributed by atoms with E-state index in [-0.39, 0.29) is 43.4 Å². The fourth-order valence-corrected chi connectivity index (χ4v) is 3.05. The predicted molar refractivity (Wildman–Crippen MR) is 97.8 cm³/mol. The van der Waals surface area contributed by atoms with Crippen LogP contribution in [0.3, 0.4) is 0 Å². The van der Waals surface area contributed by atoms with E-state index in [0.717, 1.165) is 18.4 Å². The van der Waals surface area contributed by atoms with Crippen molar-refractivity contribution in [1.82, 2.24) is 9.80 Å². The summed E-state index contributed by atoms with van der Waals surface area (Å²) < 4.78 is 5.66. The highest BCUT2D eigenvalue weighted by molar-refractivity contribution is 5.94. The summed E-state index contributed by atoms with van der Waals surface area (Å²) in [5.74, 6) is -0.391. The number of carbonyl (C=O) groups excluding carboxylic acids is 3. The van der Waals surface area contributed by atoms with Crippen LogP contribution in [0.25, 0.3) is 0 Å². The number of nitrogens with zero attached hydrogens (tertiary/aromatic N) is 2. The van der Waals surface area contributed by atoms with Crippen LogP contribution in [0.5, 0.6) is 0 Å². The smallest absolute Gasteiger partial charge is 0.249 e. The molecule has 146 valence electrons. The second kappa shape index (κ2) is 8.06. The lowest BCUT2D eigenvalue weighted by Crippen LogP contribution is -2.55. The maximum absolute atomic E-state index is 12.2. The maximum Gasteiger partial charge on any atom is 0.249 e. The Morgan fingerprint density at radius 1 is 1.26 bits per heavy atom. The Labute approximate surface area is 158 Å². The first-order valence-corrected chi connectivity index (χ1v) is 9.03. The molecule has 8 heteroatoms. The van der Waals surface area contributed by atoms with Crippen molar-refractivity contribution in [3.8, 4) is 0 Å². The zero-order valence-electron chi connectivity index (χ0n) is 15.6. The molecule has 1 saturated heterocycles. The van der Waals surface area contributed by atoms with Crippen LogP contribution in [0.4, 0.5) is 5.69 Å². The van der Waals surface area contributed by atoms with Crippen molar-refractivity contribution in [2.45, 2.75) is 25.0 Å². The number of amides is 3. The molecule has 2 atom stereocenters. The molecule has 1 aromatic carbocycles. The van der Waals surface area contributed by atoms with Crippen LogP contribution >= 0.6 is 0 Å². The molecule has 0 aromatic heterocycles. The molecular formula is C19H25N3O5. The molecule has 1 aromatic rings. The number of morpholine rings is 1. The highest BCUT2D eigenvalue weighted by Crippen LogP contribution is 2.32. The molecule has 1 aliphatic carbocycles. The molecule has 1 heterocycles. The van der Waals surface area contributed by atoms with Crippen molar-refractivity contribution < 1.29 is 24.2 Å². The molecule has 0 radical (unpaired) electrons. The van der Waals surface area contributed by atoms with Gasteiger partial charge < -0.3 is 25.0 Å². The van der Waals surface area contributed by atoms with Crippen molar-refractivity contribution in [2.24, 2.45) is 5.92 Å². The van der Waals surface area contributed by atoms with E-state index in [4.69, 9.17) is 4.74 Å². The largest absolute Gasteiger partial charge is 0.394 e. The van der Waals surface area contributed by atoms with Gasteiger partial charge in [-0.1, -0.05) is 12.1 Å². The van der Waals surface area contributed by atoms with Crippen LogP contribution in [0.1, 0.15) is 24.5 Å². The SMILES string of the molecule is CN(C)C(=O)CN1C(=O)COC(c2ccc(NC(=O)C3CC3)cc2)C1CO. The Hall–Kier alpha value is -2.45. The lowest BCUT2D eigenvalue weighted by Gasteiger charge is -2.40. The number of anilines is 1. The monoisotopic (exact) mass is 375 g/mol. The van der Waals surface area contributed by atoms with Crippen LogP contribution in [-0.4, -0.2) is 72.5 Å². The number of aliphatic hydroxyl groups is 1. The number of rotatable bonds is 6. The van der Waals surface area contributed by atoms with E-state index in [0.29, 0.717) is 5.69 Å². The first kappa shape index (κ1) is 19.3. The van der Waals surface area contributed by atoms with Gasteiger partial charge in [0.05, 0.1) is 12.6 Å². The second-order valence-electron chi connectivity index (χ2n) is 7.18. The van der Waals surface area contributed by atoms with Gasteiger partial charge in [0.2, 0.25) is 17.7 Å². The number of hydrogen-bond acceptors (Lipinski definition) is 5. The molecule has 27 heavy (non-hydrogen) atoms. The van der Waals surface area contributed by atoms with Crippen LogP contribution in [0.2, 0.25) is 0 Å². The first-order chi connectivity index (χ1) is 12.9. The Morgan fingerprint density at radius 2 is 1.93 bits per heavy atom. The topological polar surface area (TPSA) is 99.2 Å². The van der Waals surface area contributed by atoms with Gasteiger partial charge in [-0.05, 0) is 30.5 Å². The van der Waals surface area contributed by atoms with Crippen molar-refractivity contribution in [3.63, 3.8) is 0 Å². The van der Waals surface area contributed by atoms with E-state index in [1.54, 1.807) is 38.4 Å². The lowest BCUT2D eigenvalue weighted by molar-refractivity contribution is -0.164. The Bertz CT molecular complexity index is 715. The molecule has 1 aliphatic heterocycles. The van der Waals surface area contributed by atoms with Gasteiger partial charge in [-0.3, -0.25) is 14.4 Å². The van der Waals surface area contributed by atoms with Crippen LogP contribution in [0, 0.1) is 5.92 Å². The molecule has 0 bridgehead atoms. The summed E-state index contributed by atoms with van der Waals surface area (Å²) in [6.07, 6.45) is 1.33. The van der Waals surface area contributed by atoms with Crippen molar-refractivity contribution in [3.05, 3.63) is 29.8 Å². The highest BCUT2D eigenvalue weighted by Gasteiger charge is 2.38. The van der Waals surface area contributed by atoms with Crippen molar-refractivity contribution >= 4 is 23.4 Å². The normalized spacial score (nSPS) is 22.5. The number of carbonyl (C=O) groups is 3. The van der Waals surface area contributed by atoms with Crippen molar-refractivity contribution in [1.29, 1.82) is 0 Å². The summed E-state index contributed by atoms with van der Waals surface area (Å²) in [5, 5.41) is 12.7. The number of likely N-dealkylation sites (N-methyl/N-ethyl adjacent to an activating group) is 1. The van der Waals surface area contributed by atoms with Gasteiger partial charge in [-0.15, -0.1) is 0 Å².